The Morgan fingerprint density at radius 3 is 2.65 bits per heavy atom. The van der Waals surface area contributed by atoms with Crippen molar-refractivity contribution < 1.29 is 14.7 Å². The Balaban J connectivity index is 2.27. The van der Waals surface area contributed by atoms with E-state index in [-0.39, 0.29) is 11.3 Å². The summed E-state index contributed by atoms with van der Waals surface area (Å²) in [5, 5.41) is 11.9. The van der Waals surface area contributed by atoms with Crippen LogP contribution in [0.5, 0.6) is 0 Å². The molecule has 1 aromatic heterocycles. The van der Waals surface area contributed by atoms with Crippen molar-refractivity contribution in [2.45, 2.75) is 0 Å². The number of aromatic carboxylic acids is 1. The highest BCUT2D eigenvalue weighted by Gasteiger charge is 2.12. The summed E-state index contributed by atoms with van der Waals surface area (Å²) in [7, 11) is 0. The second kappa shape index (κ2) is 6.02. The molecule has 0 saturated carbocycles. The van der Waals surface area contributed by atoms with Crippen molar-refractivity contribution in [3.05, 3.63) is 57.3 Å². The molecule has 0 bridgehead atoms. The number of carboxylic acid groups (broad SMARTS) is 1. The fourth-order valence-electron chi connectivity index (χ4n) is 1.47. The van der Waals surface area contributed by atoms with Gasteiger partial charge in [0.05, 0.1) is 11.3 Å². The molecule has 0 unspecified atom stereocenters. The van der Waals surface area contributed by atoms with Gasteiger partial charge in [-0.1, -0.05) is 11.6 Å². The van der Waals surface area contributed by atoms with Crippen molar-refractivity contribution >= 4 is 45.1 Å². The number of nitrogens with one attached hydrogen (secondary N) is 1. The molecule has 0 aliphatic carbocycles. The summed E-state index contributed by atoms with van der Waals surface area (Å²) >= 11 is 9.02. The molecule has 7 heteroatoms. The molecule has 0 fully saturated rings. The van der Waals surface area contributed by atoms with Crippen LogP contribution < -0.4 is 5.32 Å². The van der Waals surface area contributed by atoms with Gasteiger partial charge in [-0.05, 0) is 46.3 Å². The zero-order valence-corrected chi connectivity index (χ0v) is 12.3. The SMILES string of the molecule is O=C(O)c1ccc(Br)c(NC(=O)c2cc(Cl)ccn2)c1. The molecule has 0 spiro atoms. The smallest absolute Gasteiger partial charge is 0.335 e. The summed E-state index contributed by atoms with van der Waals surface area (Å²) < 4.78 is 0.567. The zero-order chi connectivity index (χ0) is 14.7. The van der Waals surface area contributed by atoms with Crippen molar-refractivity contribution in [1.29, 1.82) is 0 Å². The molecule has 1 aromatic carbocycles. The number of aromatic nitrogens is 1. The Kier molecular flexibility index (Phi) is 4.36. The predicted octanol–water partition coefficient (Wildman–Crippen LogP) is 3.45. The maximum Gasteiger partial charge on any atom is 0.335 e. The molecule has 2 aromatic rings. The molecule has 0 aliphatic rings. The first kappa shape index (κ1) is 14.5. The quantitative estimate of drug-likeness (QED) is 0.884. The number of carbonyl (C=O) groups is 2. The van der Waals surface area contributed by atoms with Crippen molar-refractivity contribution in [3.8, 4) is 0 Å². The molecule has 2 rings (SSSR count). The Morgan fingerprint density at radius 1 is 1.25 bits per heavy atom. The van der Waals surface area contributed by atoms with Gasteiger partial charge in [-0.15, -0.1) is 0 Å². The van der Waals surface area contributed by atoms with Crippen LogP contribution in [0, 0.1) is 0 Å². The van der Waals surface area contributed by atoms with E-state index in [1.165, 1.54) is 24.4 Å². The number of carbonyl (C=O) groups excluding carboxylic acids is 1. The summed E-state index contributed by atoms with van der Waals surface area (Å²) in [5.74, 6) is -1.55. The maximum absolute atomic E-state index is 12.0. The van der Waals surface area contributed by atoms with E-state index in [9.17, 15) is 9.59 Å². The van der Waals surface area contributed by atoms with E-state index in [4.69, 9.17) is 16.7 Å². The van der Waals surface area contributed by atoms with Gasteiger partial charge in [-0.25, -0.2) is 4.79 Å². The first-order valence-corrected chi connectivity index (χ1v) is 6.60. The van der Waals surface area contributed by atoms with Crippen molar-refractivity contribution in [2.75, 3.05) is 5.32 Å². The second-order valence-corrected chi connectivity index (χ2v) is 5.10. The third-order valence-corrected chi connectivity index (χ3v) is 3.34. The van der Waals surface area contributed by atoms with Crippen LogP contribution in [0.2, 0.25) is 5.02 Å². The highest BCUT2D eigenvalue weighted by molar-refractivity contribution is 9.10. The Hall–Kier alpha value is -1.92. The van der Waals surface area contributed by atoms with Crippen LogP contribution >= 0.6 is 27.5 Å². The van der Waals surface area contributed by atoms with Crippen LogP contribution in [0.15, 0.2) is 41.0 Å². The first-order valence-electron chi connectivity index (χ1n) is 5.43. The average Bonchev–Trinajstić information content (AvgIpc) is 2.41. The standard InChI is InChI=1S/C13H8BrClN2O3/c14-9-2-1-7(13(19)20)5-10(9)17-12(18)11-6-8(15)3-4-16-11/h1-6H,(H,17,18)(H,19,20). The van der Waals surface area contributed by atoms with Gasteiger partial charge < -0.3 is 10.4 Å². The number of anilines is 1. The number of halogens is 2. The Morgan fingerprint density at radius 2 is 2.00 bits per heavy atom. The van der Waals surface area contributed by atoms with Gasteiger partial charge in [0.15, 0.2) is 0 Å². The molecule has 0 atom stereocenters. The van der Waals surface area contributed by atoms with E-state index in [0.717, 1.165) is 0 Å². The monoisotopic (exact) mass is 354 g/mol. The number of carboxylic acids is 1. The molecule has 2 N–H and O–H groups in total. The van der Waals surface area contributed by atoms with E-state index >= 15 is 0 Å². The molecular formula is C13H8BrClN2O3. The largest absolute Gasteiger partial charge is 0.478 e. The van der Waals surface area contributed by atoms with Gasteiger partial charge in [0.2, 0.25) is 0 Å². The number of pyridine rings is 1. The number of benzene rings is 1. The molecule has 1 amide bonds. The number of nitrogens with zero attached hydrogens (tertiary/aromatic N) is 1. The molecule has 0 saturated heterocycles. The Bertz CT molecular complexity index is 691. The van der Waals surface area contributed by atoms with Gasteiger partial charge in [0.25, 0.3) is 5.91 Å². The number of hydrogen-bond donors (Lipinski definition) is 2. The van der Waals surface area contributed by atoms with Crippen LogP contribution in [0.4, 0.5) is 5.69 Å². The van der Waals surface area contributed by atoms with Gasteiger partial charge in [-0.2, -0.15) is 0 Å². The zero-order valence-electron chi connectivity index (χ0n) is 9.93. The number of rotatable bonds is 3. The lowest BCUT2D eigenvalue weighted by Crippen LogP contribution is -2.14. The summed E-state index contributed by atoms with van der Waals surface area (Å²) in [6.45, 7) is 0. The van der Waals surface area contributed by atoms with Crippen molar-refractivity contribution in [3.63, 3.8) is 0 Å². The molecule has 0 radical (unpaired) electrons. The summed E-state index contributed by atoms with van der Waals surface area (Å²) in [4.78, 5) is 26.8. The van der Waals surface area contributed by atoms with E-state index in [2.05, 4.69) is 26.2 Å². The molecule has 20 heavy (non-hydrogen) atoms. The first-order chi connectivity index (χ1) is 9.47. The average molecular weight is 356 g/mol. The summed E-state index contributed by atoms with van der Waals surface area (Å²) in [6, 6.07) is 7.31. The maximum atomic E-state index is 12.0. The molecule has 0 aliphatic heterocycles. The molecular weight excluding hydrogens is 348 g/mol. The number of amides is 1. The minimum Gasteiger partial charge on any atom is -0.478 e. The molecule has 102 valence electrons. The predicted molar refractivity (Wildman–Crippen MR) is 78.3 cm³/mol. The molecule has 1 heterocycles. The van der Waals surface area contributed by atoms with Gasteiger partial charge in [-0.3, -0.25) is 9.78 Å². The highest BCUT2D eigenvalue weighted by Crippen LogP contribution is 2.24. The number of hydrogen-bond acceptors (Lipinski definition) is 3. The topological polar surface area (TPSA) is 79.3 Å². The highest BCUT2D eigenvalue weighted by atomic mass is 79.9. The minimum absolute atomic E-state index is 0.0718. The lowest BCUT2D eigenvalue weighted by Gasteiger charge is -2.08. The summed E-state index contributed by atoms with van der Waals surface area (Å²) in [5.41, 5.74) is 0.560. The molecule has 5 nitrogen and oxygen atoms in total. The van der Waals surface area contributed by atoms with Gasteiger partial charge in [0, 0.05) is 15.7 Å². The fraction of sp³-hybridized carbons (Fsp3) is 0. The van der Waals surface area contributed by atoms with Crippen LogP contribution in [0.3, 0.4) is 0 Å². The van der Waals surface area contributed by atoms with E-state index in [1.807, 2.05) is 0 Å². The summed E-state index contributed by atoms with van der Waals surface area (Å²) in [6.07, 6.45) is 1.42. The van der Waals surface area contributed by atoms with Crippen molar-refractivity contribution in [2.24, 2.45) is 0 Å². The van der Waals surface area contributed by atoms with E-state index < -0.39 is 11.9 Å². The minimum atomic E-state index is -1.08. The fourth-order valence-corrected chi connectivity index (χ4v) is 1.97. The second-order valence-electron chi connectivity index (χ2n) is 3.81. The van der Waals surface area contributed by atoms with Gasteiger partial charge >= 0.3 is 5.97 Å². The Labute approximate surface area is 127 Å². The van der Waals surface area contributed by atoms with Crippen molar-refractivity contribution in [1.82, 2.24) is 4.98 Å². The van der Waals surface area contributed by atoms with Crippen LogP contribution in [-0.2, 0) is 0 Å². The van der Waals surface area contributed by atoms with Gasteiger partial charge in [0.1, 0.15) is 5.69 Å². The van der Waals surface area contributed by atoms with Crippen LogP contribution in [0.25, 0.3) is 0 Å². The van der Waals surface area contributed by atoms with E-state index in [0.29, 0.717) is 15.2 Å². The van der Waals surface area contributed by atoms with E-state index in [1.54, 1.807) is 12.1 Å². The lowest BCUT2D eigenvalue weighted by molar-refractivity contribution is 0.0696. The normalized spacial score (nSPS) is 10.1. The third-order valence-electron chi connectivity index (χ3n) is 2.42. The lowest BCUT2D eigenvalue weighted by atomic mass is 10.2. The van der Waals surface area contributed by atoms with Crippen LogP contribution in [-0.4, -0.2) is 22.0 Å². The third kappa shape index (κ3) is 3.34. The van der Waals surface area contributed by atoms with Crippen LogP contribution in [0.1, 0.15) is 20.8 Å².